The minimum atomic E-state index is -4.64. The summed E-state index contributed by atoms with van der Waals surface area (Å²) in [6, 6.07) is 7.25. The van der Waals surface area contributed by atoms with E-state index in [1.54, 1.807) is 12.1 Å². The largest absolute Gasteiger partial charge is 0.433 e. The molecule has 2 aromatic heterocycles. The summed E-state index contributed by atoms with van der Waals surface area (Å²) >= 11 is 2.17. The molecule has 0 saturated heterocycles. The maximum absolute atomic E-state index is 13.9. The van der Waals surface area contributed by atoms with Crippen molar-refractivity contribution >= 4 is 39.9 Å². The van der Waals surface area contributed by atoms with Crippen LogP contribution in [0.4, 0.5) is 18.2 Å². The maximum Gasteiger partial charge on any atom is 0.433 e. The Bertz CT molecular complexity index is 1370. The molecule has 0 aliphatic heterocycles. The second-order valence-corrected chi connectivity index (χ2v) is 11.1. The first-order chi connectivity index (χ1) is 17.1. The number of aromatic nitrogens is 2. The van der Waals surface area contributed by atoms with E-state index in [2.05, 4.69) is 22.2 Å². The Balaban J connectivity index is 1.39. The van der Waals surface area contributed by atoms with Crippen LogP contribution >= 0.6 is 23.1 Å². The number of thiophene rings is 1. The molecular weight excluding hydrogens is 509 g/mol. The molecule has 1 aromatic carbocycles. The average Bonchev–Trinajstić information content (AvgIpc) is 3.18. The zero-order valence-corrected chi connectivity index (χ0v) is 21.0. The van der Waals surface area contributed by atoms with E-state index < -0.39 is 23.7 Å². The van der Waals surface area contributed by atoms with Gasteiger partial charge in [0.05, 0.1) is 17.0 Å². The molecule has 0 radical (unpaired) electrons. The van der Waals surface area contributed by atoms with Crippen LogP contribution in [0.3, 0.4) is 0 Å². The SMILES string of the molecule is C[C@@H]1CCc2c(sc(NC(=O)CSc3nc4c(c(C(F)(F)F)n3)CCc3ccccc3-4)c2C(N)=O)C1. The zero-order chi connectivity index (χ0) is 25.6. The Morgan fingerprint density at radius 1 is 1.17 bits per heavy atom. The number of aryl methyl sites for hydroxylation is 1. The van der Waals surface area contributed by atoms with Gasteiger partial charge in [0.2, 0.25) is 5.91 Å². The number of anilines is 1. The molecule has 2 amide bonds. The van der Waals surface area contributed by atoms with Gasteiger partial charge in [-0.3, -0.25) is 9.59 Å². The lowest BCUT2D eigenvalue weighted by Gasteiger charge is -2.22. The summed E-state index contributed by atoms with van der Waals surface area (Å²) in [4.78, 5) is 34.1. The molecule has 3 N–H and O–H groups in total. The molecule has 1 atom stereocenters. The smallest absolute Gasteiger partial charge is 0.365 e. The number of hydrogen-bond donors (Lipinski definition) is 2. The number of carbonyl (C=O) groups excluding carboxylic acids is 2. The minimum Gasteiger partial charge on any atom is -0.365 e. The van der Waals surface area contributed by atoms with Gasteiger partial charge in [0.1, 0.15) is 5.00 Å². The molecule has 0 saturated carbocycles. The van der Waals surface area contributed by atoms with Crippen molar-refractivity contribution in [3.8, 4) is 11.3 Å². The molecule has 3 aromatic rings. The zero-order valence-electron chi connectivity index (χ0n) is 19.4. The first-order valence-corrected chi connectivity index (χ1v) is 13.4. The number of carbonyl (C=O) groups is 2. The van der Waals surface area contributed by atoms with Gasteiger partial charge in [-0.1, -0.05) is 43.0 Å². The maximum atomic E-state index is 13.9. The lowest BCUT2D eigenvalue weighted by atomic mass is 9.88. The highest BCUT2D eigenvalue weighted by Gasteiger charge is 2.39. The van der Waals surface area contributed by atoms with Gasteiger partial charge in [0.25, 0.3) is 5.91 Å². The van der Waals surface area contributed by atoms with Gasteiger partial charge in [-0.15, -0.1) is 11.3 Å². The van der Waals surface area contributed by atoms with Crippen LogP contribution in [-0.2, 0) is 36.7 Å². The number of amides is 2. The summed E-state index contributed by atoms with van der Waals surface area (Å²) in [5.74, 6) is -0.805. The van der Waals surface area contributed by atoms with Crippen molar-refractivity contribution in [1.82, 2.24) is 9.97 Å². The van der Waals surface area contributed by atoms with Gasteiger partial charge >= 0.3 is 6.18 Å². The van der Waals surface area contributed by atoms with Crippen LogP contribution in [0.25, 0.3) is 11.3 Å². The lowest BCUT2D eigenvalue weighted by Crippen LogP contribution is -2.21. The molecular formula is C25H23F3N4O2S2. The van der Waals surface area contributed by atoms with E-state index in [-0.39, 0.29) is 28.6 Å². The van der Waals surface area contributed by atoms with Crippen LogP contribution in [0.5, 0.6) is 0 Å². The third-order valence-electron chi connectivity index (χ3n) is 6.52. The van der Waals surface area contributed by atoms with Crippen LogP contribution < -0.4 is 11.1 Å². The van der Waals surface area contributed by atoms with E-state index in [0.29, 0.717) is 28.5 Å². The minimum absolute atomic E-state index is 0.0829. The fourth-order valence-electron chi connectivity index (χ4n) is 4.84. The molecule has 5 rings (SSSR count). The molecule has 2 aliphatic carbocycles. The fourth-order valence-corrected chi connectivity index (χ4v) is 6.92. The average molecular weight is 533 g/mol. The number of hydrogen-bond acceptors (Lipinski definition) is 6. The first-order valence-electron chi connectivity index (χ1n) is 11.5. The third-order valence-corrected chi connectivity index (χ3v) is 8.53. The topological polar surface area (TPSA) is 98.0 Å². The lowest BCUT2D eigenvalue weighted by molar-refractivity contribution is -0.142. The van der Waals surface area contributed by atoms with E-state index in [1.807, 2.05) is 12.1 Å². The second-order valence-electron chi connectivity index (χ2n) is 9.09. The second kappa shape index (κ2) is 9.51. The number of primary amides is 1. The number of benzene rings is 1. The van der Waals surface area contributed by atoms with Crippen LogP contribution in [0, 0.1) is 5.92 Å². The Hall–Kier alpha value is -2.92. The number of nitrogens with zero attached hydrogens (tertiary/aromatic N) is 2. The van der Waals surface area contributed by atoms with Crippen molar-refractivity contribution in [3.63, 3.8) is 0 Å². The van der Waals surface area contributed by atoms with Crippen molar-refractivity contribution in [2.45, 2.75) is 50.4 Å². The number of fused-ring (bicyclic) bond motifs is 4. The van der Waals surface area contributed by atoms with E-state index in [9.17, 15) is 22.8 Å². The Labute approximate surface area is 213 Å². The molecule has 0 bridgehead atoms. The monoisotopic (exact) mass is 532 g/mol. The Kier molecular flexibility index (Phi) is 6.54. The predicted octanol–water partition coefficient (Wildman–Crippen LogP) is 5.28. The summed E-state index contributed by atoms with van der Waals surface area (Å²) in [5.41, 5.74) is 7.80. The van der Waals surface area contributed by atoms with E-state index in [1.165, 1.54) is 11.3 Å². The van der Waals surface area contributed by atoms with E-state index in [0.717, 1.165) is 47.0 Å². The quantitative estimate of drug-likeness (QED) is 0.344. The standard InChI is InChI=1S/C25H23F3N4O2S2/c1-12-6-8-15-17(10-12)36-23(19(15)22(29)34)30-18(33)11-35-24-31-20-14-5-3-2-4-13(14)7-9-16(20)21(32-24)25(26,27)28/h2-5,12H,6-11H2,1H3,(H2,29,34)(H,30,33)/t12-/m1/s1. The summed E-state index contributed by atoms with van der Waals surface area (Å²) in [6.45, 7) is 2.13. The number of rotatable bonds is 5. The van der Waals surface area contributed by atoms with Crippen molar-refractivity contribution in [1.29, 1.82) is 0 Å². The van der Waals surface area contributed by atoms with Crippen molar-refractivity contribution in [2.24, 2.45) is 11.7 Å². The number of alkyl halides is 3. The molecule has 188 valence electrons. The summed E-state index contributed by atoms with van der Waals surface area (Å²) < 4.78 is 41.6. The molecule has 0 fully saturated rings. The van der Waals surface area contributed by atoms with Gasteiger partial charge in [-0.05, 0) is 49.1 Å². The molecule has 2 heterocycles. The third kappa shape index (κ3) is 4.73. The van der Waals surface area contributed by atoms with Crippen molar-refractivity contribution in [2.75, 3.05) is 11.1 Å². The first kappa shape index (κ1) is 24.8. The Morgan fingerprint density at radius 2 is 1.94 bits per heavy atom. The van der Waals surface area contributed by atoms with Gasteiger partial charge < -0.3 is 11.1 Å². The highest BCUT2D eigenvalue weighted by molar-refractivity contribution is 7.99. The Morgan fingerprint density at radius 3 is 2.69 bits per heavy atom. The normalized spacial score (nSPS) is 16.6. The van der Waals surface area contributed by atoms with Gasteiger partial charge in [0, 0.05) is 16.0 Å². The summed E-state index contributed by atoms with van der Waals surface area (Å²) in [7, 11) is 0. The fraction of sp³-hybridized carbons (Fsp3) is 0.360. The summed E-state index contributed by atoms with van der Waals surface area (Å²) in [6.07, 6.45) is -1.48. The molecule has 11 heteroatoms. The van der Waals surface area contributed by atoms with Crippen LogP contribution in [0.1, 0.15) is 51.0 Å². The van der Waals surface area contributed by atoms with Gasteiger partial charge in [-0.2, -0.15) is 13.2 Å². The molecule has 6 nitrogen and oxygen atoms in total. The molecule has 0 spiro atoms. The van der Waals surface area contributed by atoms with Gasteiger partial charge in [-0.25, -0.2) is 9.97 Å². The van der Waals surface area contributed by atoms with E-state index in [4.69, 9.17) is 5.73 Å². The van der Waals surface area contributed by atoms with Crippen molar-refractivity contribution < 1.29 is 22.8 Å². The summed E-state index contributed by atoms with van der Waals surface area (Å²) in [5, 5.41) is 3.01. The number of nitrogens with two attached hydrogens (primary N) is 1. The predicted molar refractivity (Wildman–Crippen MR) is 133 cm³/mol. The number of thioether (sulfide) groups is 1. The van der Waals surface area contributed by atoms with E-state index >= 15 is 0 Å². The highest BCUT2D eigenvalue weighted by Crippen LogP contribution is 2.41. The molecule has 0 unspecified atom stereocenters. The number of nitrogens with one attached hydrogen (secondary N) is 1. The highest BCUT2D eigenvalue weighted by atomic mass is 32.2. The number of halogens is 3. The molecule has 36 heavy (non-hydrogen) atoms. The van der Waals surface area contributed by atoms with Crippen LogP contribution in [-0.4, -0.2) is 27.5 Å². The van der Waals surface area contributed by atoms with Crippen LogP contribution in [0.2, 0.25) is 0 Å². The van der Waals surface area contributed by atoms with Gasteiger partial charge in [0.15, 0.2) is 10.9 Å². The van der Waals surface area contributed by atoms with Crippen molar-refractivity contribution in [3.05, 3.63) is 57.1 Å². The van der Waals surface area contributed by atoms with Crippen LogP contribution in [0.15, 0.2) is 29.4 Å². The molecule has 2 aliphatic rings.